The summed E-state index contributed by atoms with van der Waals surface area (Å²) in [6.07, 6.45) is 12.6. The second-order valence-corrected chi connectivity index (χ2v) is 10.4. The van der Waals surface area contributed by atoms with Crippen molar-refractivity contribution in [3.63, 3.8) is 0 Å². The van der Waals surface area contributed by atoms with Gasteiger partial charge in [0.1, 0.15) is 28.6 Å². The van der Waals surface area contributed by atoms with Crippen molar-refractivity contribution in [3.8, 4) is 28.6 Å². The molecule has 0 bridgehead atoms. The molecule has 0 unspecified atom stereocenters. The van der Waals surface area contributed by atoms with Crippen molar-refractivity contribution in [2.45, 2.75) is 44.9 Å². The van der Waals surface area contributed by atoms with Crippen molar-refractivity contribution in [2.75, 3.05) is 18.0 Å². The van der Waals surface area contributed by atoms with E-state index in [4.69, 9.17) is 14.7 Å². The van der Waals surface area contributed by atoms with Crippen LogP contribution in [0.3, 0.4) is 0 Å². The van der Waals surface area contributed by atoms with Gasteiger partial charge in [0, 0.05) is 54.4 Å². The zero-order chi connectivity index (χ0) is 26.6. The Morgan fingerprint density at radius 1 is 1.00 bits per heavy atom. The molecule has 0 atom stereocenters. The predicted molar refractivity (Wildman–Crippen MR) is 145 cm³/mol. The summed E-state index contributed by atoms with van der Waals surface area (Å²) < 4.78 is 9.89. The molecule has 7 rings (SSSR count). The Balaban J connectivity index is 1.19. The molecule has 0 amide bonds. The van der Waals surface area contributed by atoms with Crippen LogP contribution in [-0.4, -0.2) is 47.4 Å². The van der Waals surface area contributed by atoms with Crippen LogP contribution >= 0.6 is 0 Å². The first-order valence-corrected chi connectivity index (χ1v) is 13.2. The lowest BCUT2D eigenvalue weighted by Crippen LogP contribution is -2.43. The molecule has 194 valence electrons. The summed E-state index contributed by atoms with van der Waals surface area (Å²) in [6.45, 7) is 6.46. The van der Waals surface area contributed by atoms with Crippen LogP contribution in [-0.2, 0) is 16.9 Å². The maximum Gasteiger partial charge on any atom is 0.128 e. The second kappa shape index (κ2) is 8.99. The smallest absolute Gasteiger partial charge is 0.128 e. The van der Waals surface area contributed by atoms with Crippen molar-refractivity contribution in [1.29, 1.82) is 5.26 Å². The highest BCUT2D eigenvalue weighted by molar-refractivity contribution is 5.83. The normalized spacial score (nSPS) is 16.2. The number of anilines is 1. The SMILES string of the molecule is CC(C)n1cc(-c2cn3ncc(C#N)c3c(-c3ccc(N4CCC5(CC4)OCc4cccnc45)nc3)n2)cn1. The molecule has 0 N–H and O–H groups in total. The lowest BCUT2D eigenvalue weighted by molar-refractivity contribution is -0.0574. The summed E-state index contributed by atoms with van der Waals surface area (Å²) in [5.41, 5.74) is 6.24. The van der Waals surface area contributed by atoms with Crippen LogP contribution in [0.5, 0.6) is 0 Å². The molecule has 39 heavy (non-hydrogen) atoms. The topological polar surface area (TPSA) is 110 Å². The zero-order valence-corrected chi connectivity index (χ0v) is 21.8. The number of pyridine rings is 2. The van der Waals surface area contributed by atoms with E-state index in [1.54, 1.807) is 16.9 Å². The Bertz CT molecular complexity index is 1720. The van der Waals surface area contributed by atoms with Crippen LogP contribution in [0.25, 0.3) is 28.0 Å². The standard InChI is InChI=1S/C29H27N9O/c1-19(2)37-16-23(15-33-37)24-17-38-27(22(12-30)14-34-38)26(35-24)20-5-6-25(32-13-20)36-10-7-29(8-11-36)28-21(18-39-29)4-3-9-31-28/h3-6,9,13-17,19H,7-8,10-11,18H2,1-2H3. The summed E-state index contributed by atoms with van der Waals surface area (Å²) in [4.78, 5) is 16.7. The van der Waals surface area contributed by atoms with Crippen molar-refractivity contribution >= 4 is 11.3 Å². The van der Waals surface area contributed by atoms with Gasteiger partial charge in [-0.05, 0) is 44.9 Å². The van der Waals surface area contributed by atoms with E-state index in [2.05, 4.69) is 46.1 Å². The van der Waals surface area contributed by atoms with Gasteiger partial charge in [-0.3, -0.25) is 9.67 Å². The molecule has 10 nitrogen and oxygen atoms in total. The van der Waals surface area contributed by atoms with Gasteiger partial charge in [0.2, 0.25) is 0 Å². The molecule has 5 aromatic heterocycles. The molecule has 1 spiro atoms. The Hall–Kier alpha value is -4.62. The highest BCUT2D eigenvalue weighted by Crippen LogP contribution is 2.43. The molecular formula is C29H27N9O. The first-order chi connectivity index (χ1) is 19.0. The average molecular weight is 518 g/mol. The fourth-order valence-corrected chi connectivity index (χ4v) is 5.63. The third-order valence-corrected chi connectivity index (χ3v) is 7.79. The van der Waals surface area contributed by atoms with Gasteiger partial charge in [0.15, 0.2) is 0 Å². The lowest BCUT2D eigenvalue weighted by atomic mass is 9.87. The number of fused-ring (bicyclic) bond motifs is 3. The monoisotopic (exact) mass is 517 g/mol. The van der Waals surface area contributed by atoms with Gasteiger partial charge < -0.3 is 9.64 Å². The summed E-state index contributed by atoms with van der Waals surface area (Å²) in [7, 11) is 0. The van der Waals surface area contributed by atoms with Crippen molar-refractivity contribution in [2.24, 2.45) is 0 Å². The molecule has 0 radical (unpaired) electrons. The van der Waals surface area contributed by atoms with Gasteiger partial charge in [-0.15, -0.1) is 0 Å². The number of nitriles is 1. The average Bonchev–Trinajstić information content (AvgIpc) is 3.71. The van der Waals surface area contributed by atoms with Crippen molar-refractivity contribution in [3.05, 3.63) is 78.3 Å². The number of hydrogen-bond donors (Lipinski definition) is 0. The number of aromatic nitrogens is 7. The summed E-state index contributed by atoms with van der Waals surface area (Å²) >= 11 is 0. The van der Waals surface area contributed by atoms with E-state index < -0.39 is 0 Å². The molecular weight excluding hydrogens is 490 g/mol. The van der Waals surface area contributed by atoms with Gasteiger partial charge in [-0.25, -0.2) is 14.5 Å². The Morgan fingerprint density at radius 3 is 2.62 bits per heavy atom. The molecule has 5 aromatic rings. The quantitative estimate of drug-likeness (QED) is 0.342. The summed E-state index contributed by atoms with van der Waals surface area (Å²) in [6, 6.07) is 10.6. The number of hydrogen-bond acceptors (Lipinski definition) is 8. The van der Waals surface area contributed by atoms with Gasteiger partial charge in [-0.1, -0.05) is 6.07 Å². The molecule has 2 aliphatic heterocycles. The third kappa shape index (κ3) is 3.85. The van der Waals surface area contributed by atoms with E-state index in [9.17, 15) is 5.26 Å². The van der Waals surface area contributed by atoms with E-state index in [1.807, 2.05) is 47.7 Å². The first-order valence-electron chi connectivity index (χ1n) is 13.2. The van der Waals surface area contributed by atoms with Crippen LogP contribution in [0.1, 0.15) is 49.6 Å². The van der Waals surface area contributed by atoms with E-state index >= 15 is 0 Å². The van der Waals surface area contributed by atoms with Crippen LogP contribution in [0.2, 0.25) is 0 Å². The highest BCUT2D eigenvalue weighted by Gasteiger charge is 2.44. The maximum atomic E-state index is 9.73. The fourth-order valence-electron chi connectivity index (χ4n) is 5.63. The molecule has 2 aliphatic rings. The van der Waals surface area contributed by atoms with Crippen LogP contribution in [0, 0.1) is 11.3 Å². The molecule has 0 saturated carbocycles. The van der Waals surface area contributed by atoms with Crippen LogP contribution in [0.4, 0.5) is 5.82 Å². The van der Waals surface area contributed by atoms with E-state index in [0.717, 1.165) is 54.3 Å². The van der Waals surface area contributed by atoms with E-state index in [-0.39, 0.29) is 11.6 Å². The van der Waals surface area contributed by atoms with E-state index in [0.29, 0.717) is 23.4 Å². The molecule has 7 heterocycles. The molecule has 1 fully saturated rings. The van der Waals surface area contributed by atoms with Crippen LogP contribution in [0.15, 0.2) is 61.4 Å². The maximum absolute atomic E-state index is 9.73. The summed E-state index contributed by atoms with van der Waals surface area (Å²) in [5, 5.41) is 18.6. The minimum absolute atomic E-state index is 0.240. The number of nitrogens with zero attached hydrogens (tertiary/aromatic N) is 9. The molecule has 0 aromatic carbocycles. The third-order valence-electron chi connectivity index (χ3n) is 7.79. The van der Waals surface area contributed by atoms with Crippen LogP contribution < -0.4 is 4.90 Å². The van der Waals surface area contributed by atoms with Gasteiger partial charge in [0.05, 0.1) is 42.3 Å². The molecule has 0 aliphatic carbocycles. The van der Waals surface area contributed by atoms with Crippen molar-refractivity contribution in [1.82, 2.24) is 34.3 Å². The molecule has 1 saturated heterocycles. The molecule has 10 heteroatoms. The minimum Gasteiger partial charge on any atom is -0.364 e. The Labute approximate surface area is 225 Å². The fraction of sp³-hybridized carbons (Fsp3) is 0.310. The van der Waals surface area contributed by atoms with Gasteiger partial charge in [-0.2, -0.15) is 15.5 Å². The Kier molecular flexibility index (Phi) is 5.42. The van der Waals surface area contributed by atoms with Crippen molar-refractivity contribution < 1.29 is 4.74 Å². The number of rotatable bonds is 4. The minimum atomic E-state index is -0.290. The highest BCUT2D eigenvalue weighted by atomic mass is 16.5. The second-order valence-electron chi connectivity index (χ2n) is 10.4. The number of ether oxygens (including phenoxy) is 1. The lowest BCUT2D eigenvalue weighted by Gasteiger charge is -2.39. The van der Waals surface area contributed by atoms with Gasteiger partial charge >= 0.3 is 0 Å². The number of piperidine rings is 1. The van der Waals surface area contributed by atoms with E-state index in [1.165, 1.54) is 5.56 Å². The summed E-state index contributed by atoms with van der Waals surface area (Å²) in [5.74, 6) is 0.909. The first kappa shape index (κ1) is 23.5. The predicted octanol–water partition coefficient (Wildman–Crippen LogP) is 4.53. The Morgan fingerprint density at radius 2 is 1.87 bits per heavy atom. The largest absolute Gasteiger partial charge is 0.364 e. The zero-order valence-electron chi connectivity index (χ0n) is 21.8. The van der Waals surface area contributed by atoms with Gasteiger partial charge in [0.25, 0.3) is 0 Å².